The largest absolute Gasteiger partial charge is 0.327 e. The molecule has 0 atom stereocenters. The number of halogens is 1. The van der Waals surface area contributed by atoms with Crippen molar-refractivity contribution in [3.8, 4) is 0 Å². The Morgan fingerprint density at radius 2 is 2.31 bits per heavy atom. The number of ketones is 1. The average Bonchev–Trinajstić information content (AvgIpc) is 2.64. The van der Waals surface area contributed by atoms with Crippen LogP contribution in [-0.2, 0) is 6.54 Å². The number of aromatic nitrogens is 2. The summed E-state index contributed by atoms with van der Waals surface area (Å²) in [6.45, 7) is 2.01. The molecule has 0 unspecified atom stereocenters. The third kappa shape index (κ3) is 2.16. The molecule has 0 amide bonds. The van der Waals surface area contributed by atoms with E-state index in [-0.39, 0.29) is 12.3 Å². The van der Waals surface area contributed by atoms with E-state index >= 15 is 0 Å². The molecule has 2 rings (SSSR count). The molecule has 1 heterocycles. The Hall–Kier alpha value is -1.97. The number of hydrogen-bond acceptors (Lipinski definition) is 2. The molecule has 0 saturated heterocycles. The van der Waals surface area contributed by atoms with Gasteiger partial charge in [0.2, 0.25) is 0 Å². The molecule has 0 aliphatic rings. The molecule has 1 aromatic heterocycles. The van der Waals surface area contributed by atoms with E-state index in [9.17, 15) is 9.18 Å². The highest BCUT2D eigenvalue weighted by Crippen LogP contribution is 2.06. The topological polar surface area (TPSA) is 34.9 Å². The van der Waals surface area contributed by atoms with Gasteiger partial charge in [0.15, 0.2) is 5.78 Å². The van der Waals surface area contributed by atoms with Gasteiger partial charge in [-0.1, -0.05) is 12.1 Å². The van der Waals surface area contributed by atoms with Crippen molar-refractivity contribution in [3.63, 3.8) is 0 Å². The highest BCUT2D eigenvalue weighted by atomic mass is 19.1. The van der Waals surface area contributed by atoms with Gasteiger partial charge in [-0.15, -0.1) is 0 Å². The molecule has 82 valence electrons. The van der Waals surface area contributed by atoms with Crippen molar-refractivity contribution in [1.29, 1.82) is 0 Å². The molecule has 2 aromatic rings. The number of rotatable bonds is 3. The maximum Gasteiger partial charge on any atom is 0.182 e. The molecule has 0 radical (unpaired) electrons. The van der Waals surface area contributed by atoms with E-state index in [2.05, 4.69) is 4.98 Å². The van der Waals surface area contributed by atoms with Gasteiger partial charge in [0.05, 0.1) is 6.54 Å². The van der Waals surface area contributed by atoms with Crippen molar-refractivity contribution >= 4 is 5.78 Å². The van der Waals surface area contributed by atoms with Crippen LogP contribution in [0.5, 0.6) is 0 Å². The van der Waals surface area contributed by atoms with Gasteiger partial charge < -0.3 is 4.57 Å². The summed E-state index contributed by atoms with van der Waals surface area (Å²) >= 11 is 0. The Morgan fingerprint density at radius 1 is 1.50 bits per heavy atom. The zero-order chi connectivity index (χ0) is 11.5. The molecule has 0 fully saturated rings. The maximum absolute atomic E-state index is 12.9. The second-order valence-electron chi connectivity index (χ2n) is 3.54. The fourth-order valence-electron chi connectivity index (χ4n) is 1.48. The summed E-state index contributed by atoms with van der Waals surface area (Å²) in [6, 6.07) is 5.70. The fourth-order valence-corrected chi connectivity index (χ4v) is 1.48. The number of nitrogens with zero attached hydrogens (tertiary/aromatic N) is 2. The summed E-state index contributed by atoms with van der Waals surface area (Å²) < 4.78 is 14.6. The highest BCUT2D eigenvalue weighted by molar-refractivity contribution is 5.95. The summed E-state index contributed by atoms with van der Waals surface area (Å²) in [5.74, 6) is 0.249. The number of hydrogen-bond donors (Lipinski definition) is 0. The molecule has 0 spiro atoms. The van der Waals surface area contributed by atoms with Crippen LogP contribution >= 0.6 is 0 Å². The molecule has 0 N–H and O–H groups in total. The molecule has 0 aliphatic carbocycles. The van der Waals surface area contributed by atoms with Crippen LogP contribution in [0.3, 0.4) is 0 Å². The number of carbonyl (C=O) groups excluding carboxylic acids is 1. The summed E-state index contributed by atoms with van der Waals surface area (Å²) in [5.41, 5.74) is 0.383. The lowest BCUT2D eigenvalue weighted by atomic mass is 10.1. The molecule has 0 aliphatic heterocycles. The second kappa shape index (κ2) is 4.26. The van der Waals surface area contributed by atoms with Crippen LogP contribution in [0, 0.1) is 12.7 Å². The van der Waals surface area contributed by atoms with E-state index < -0.39 is 5.82 Å². The minimum Gasteiger partial charge on any atom is -0.327 e. The molecule has 0 bridgehead atoms. The van der Waals surface area contributed by atoms with Crippen LogP contribution in [0.25, 0.3) is 0 Å². The van der Waals surface area contributed by atoms with Gasteiger partial charge in [0, 0.05) is 18.0 Å². The number of benzene rings is 1. The number of aryl methyl sites for hydroxylation is 1. The van der Waals surface area contributed by atoms with E-state index in [0.717, 1.165) is 5.82 Å². The normalized spacial score (nSPS) is 10.4. The van der Waals surface area contributed by atoms with Crippen molar-refractivity contribution < 1.29 is 9.18 Å². The zero-order valence-corrected chi connectivity index (χ0v) is 8.85. The lowest BCUT2D eigenvalue weighted by Crippen LogP contribution is -2.11. The maximum atomic E-state index is 12.9. The van der Waals surface area contributed by atoms with Crippen molar-refractivity contribution in [2.45, 2.75) is 13.5 Å². The van der Waals surface area contributed by atoms with Crippen LogP contribution < -0.4 is 0 Å². The Labute approximate surface area is 92.5 Å². The van der Waals surface area contributed by atoms with Gasteiger partial charge in [0.1, 0.15) is 11.6 Å². The standard InChI is InChI=1S/C12H11FN2O/c1-9-14-5-6-15(9)8-12(16)10-3-2-4-11(13)7-10/h2-7H,8H2,1H3. The first-order chi connectivity index (χ1) is 7.66. The van der Waals surface area contributed by atoms with Crippen LogP contribution in [0.1, 0.15) is 16.2 Å². The quantitative estimate of drug-likeness (QED) is 0.740. The Bertz CT molecular complexity index is 519. The smallest absolute Gasteiger partial charge is 0.182 e. The minimum atomic E-state index is -0.395. The molecule has 3 nitrogen and oxygen atoms in total. The van der Waals surface area contributed by atoms with Gasteiger partial charge in [-0.25, -0.2) is 9.37 Å². The summed E-state index contributed by atoms with van der Waals surface area (Å²) in [5, 5.41) is 0. The van der Waals surface area contributed by atoms with Crippen LogP contribution in [0.2, 0.25) is 0 Å². The lowest BCUT2D eigenvalue weighted by Gasteiger charge is -2.04. The van der Waals surface area contributed by atoms with Crippen molar-refractivity contribution in [1.82, 2.24) is 9.55 Å². The first kappa shape index (κ1) is 10.5. The summed E-state index contributed by atoms with van der Waals surface area (Å²) in [4.78, 5) is 15.8. The molecular weight excluding hydrogens is 207 g/mol. The third-order valence-corrected chi connectivity index (χ3v) is 2.38. The Kier molecular flexibility index (Phi) is 2.81. The van der Waals surface area contributed by atoms with Crippen molar-refractivity contribution in [2.24, 2.45) is 0 Å². The minimum absolute atomic E-state index is 0.124. The summed E-state index contributed by atoms with van der Waals surface area (Å²) in [6.07, 6.45) is 3.36. The summed E-state index contributed by atoms with van der Waals surface area (Å²) in [7, 11) is 0. The lowest BCUT2D eigenvalue weighted by molar-refractivity contribution is 0.0971. The zero-order valence-electron chi connectivity index (χ0n) is 8.85. The van der Waals surface area contributed by atoms with E-state index in [4.69, 9.17) is 0 Å². The van der Waals surface area contributed by atoms with E-state index in [1.807, 2.05) is 6.92 Å². The number of imidazole rings is 1. The molecule has 0 saturated carbocycles. The van der Waals surface area contributed by atoms with E-state index in [1.54, 1.807) is 23.0 Å². The Morgan fingerprint density at radius 3 is 2.94 bits per heavy atom. The first-order valence-corrected chi connectivity index (χ1v) is 4.93. The average molecular weight is 218 g/mol. The highest BCUT2D eigenvalue weighted by Gasteiger charge is 2.08. The number of carbonyl (C=O) groups is 1. The molecule has 1 aromatic carbocycles. The predicted octanol–water partition coefficient (Wildman–Crippen LogP) is 2.21. The van der Waals surface area contributed by atoms with Gasteiger partial charge in [-0.05, 0) is 19.1 Å². The number of Topliss-reactive ketones (excluding diaryl/α,β-unsaturated/α-hetero) is 1. The van der Waals surface area contributed by atoms with Gasteiger partial charge in [-0.3, -0.25) is 4.79 Å². The van der Waals surface area contributed by atoms with Crippen LogP contribution in [-0.4, -0.2) is 15.3 Å². The Balaban J connectivity index is 2.18. The monoisotopic (exact) mass is 218 g/mol. The first-order valence-electron chi connectivity index (χ1n) is 4.93. The van der Waals surface area contributed by atoms with Crippen LogP contribution in [0.4, 0.5) is 4.39 Å². The van der Waals surface area contributed by atoms with Gasteiger partial charge >= 0.3 is 0 Å². The van der Waals surface area contributed by atoms with Crippen molar-refractivity contribution in [3.05, 3.63) is 53.9 Å². The molecule has 16 heavy (non-hydrogen) atoms. The van der Waals surface area contributed by atoms with E-state index in [1.165, 1.54) is 18.2 Å². The second-order valence-corrected chi connectivity index (χ2v) is 3.54. The third-order valence-electron chi connectivity index (χ3n) is 2.38. The van der Waals surface area contributed by atoms with Crippen molar-refractivity contribution in [2.75, 3.05) is 0 Å². The fraction of sp³-hybridized carbons (Fsp3) is 0.167. The molecule has 4 heteroatoms. The SMILES string of the molecule is Cc1nccn1CC(=O)c1cccc(F)c1. The van der Waals surface area contributed by atoms with Crippen LogP contribution in [0.15, 0.2) is 36.7 Å². The molecular formula is C12H11FN2O. The van der Waals surface area contributed by atoms with Gasteiger partial charge in [0.25, 0.3) is 0 Å². The predicted molar refractivity (Wildman–Crippen MR) is 57.7 cm³/mol. The van der Waals surface area contributed by atoms with Gasteiger partial charge in [-0.2, -0.15) is 0 Å². The van der Waals surface area contributed by atoms with E-state index in [0.29, 0.717) is 5.56 Å².